The molecule has 0 bridgehead atoms. The number of carbonyl (C=O) groups excluding carboxylic acids is 1. The van der Waals surface area contributed by atoms with Gasteiger partial charge in [-0.1, -0.05) is 13.3 Å². The first-order valence-electron chi connectivity index (χ1n) is 9.23. The molecular formula is C21H26N2O3. The number of aliphatic hydroxyl groups is 1. The molecule has 3 rings (SSSR count). The highest BCUT2D eigenvalue weighted by molar-refractivity contribution is 6.04. The number of nitrogens with one attached hydrogen (secondary N) is 1. The van der Waals surface area contributed by atoms with E-state index >= 15 is 0 Å². The Kier molecular flexibility index (Phi) is 6.12. The van der Waals surface area contributed by atoms with Crippen LogP contribution in [-0.2, 0) is 0 Å². The summed E-state index contributed by atoms with van der Waals surface area (Å²) >= 11 is 0. The maximum Gasteiger partial charge on any atom is 0.255 e. The largest absolute Gasteiger partial charge is 0.494 e. The molecule has 5 nitrogen and oxygen atoms in total. The van der Waals surface area contributed by atoms with Crippen molar-refractivity contribution in [3.63, 3.8) is 0 Å². The minimum atomic E-state index is -0.247. The Morgan fingerprint density at radius 1 is 1.19 bits per heavy atom. The molecule has 1 aliphatic heterocycles. The van der Waals surface area contributed by atoms with Gasteiger partial charge in [0.2, 0.25) is 0 Å². The first-order chi connectivity index (χ1) is 12.7. The summed E-state index contributed by atoms with van der Waals surface area (Å²) in [7, 11) is 0. The van der Waals surface area contributed by atoms with E-state index in [1.54, 1.807) is 12.1 Å². The molecule has 0 spiro atoms. The fourth-order valence-corrected chi connectivity index (χ4v) is 2.97. The number of rotatable bonds is 7. The summed E-state index contributed by atoms with van der Waals surface area (Å²) in [6.07, 6.45) is 2.67. The third-order valence-corrected chi connectivity index (χ3v) is 4.54. The highest BCUT2D eigenvalue weighted by atomic mass is 16.5. The van der Waals surface area contributed by atoms with Crippen LogP contribution in [0.3, 0.4) is 0 Å². The minimum Gasteiger partial charge on any atom is -0.494 e. The second-order valence-corrected chi connectivity index (χ2v) is 6.62. The van der Waals surface area contributed by atoms with Crippen molar-refractivity contribution in [3.05, 3.63) is 54.1 Å². The Balaban J connectivity index is 1.55. The molecule has 1 fully saturated rings. The van der Waals surface area contributed by atoms with Crippen LogP contribution in [0.1, 0.15) is 36.5 Å². The van der Waals surface area contributed by atoms with Gasteiger partial charge < -0.3 is 20.1 Å². The van der Waals surface area contributed by atoms with Gasteiger partial charge in [-0.15, -0.1) is 0 Å². The Morgan fingerprint density at radius 3 is 2.54 bits per heavy atom. The van der Waals surface area contributed by atoms with Gasteiger partial charge in [-0.25, -0.2) is 0 Å². The van der Waals surface area contributed by atoms with E-state index in [9.17, 15) is 9.90 Å². The Hall–Kier alpha value is -2.53. The van der Waals surface area contributed by atoms with E-state index in [-0.39, 0.29) is 12.0 Å². The van der Waals surface area contributed by atoms with Gasteiger partial charge >= 0.3 is 0 Å². The molecule has 2 aromatic rings. The first kappa shape index (κ1) is 18.3. The van der Waals surface area contributed by atoms with Crippen molar-refractivity contribution in [2.24, 2.45) is 0 Å². The fraction of sp³-hybridized carbons (Fsp3) is 0.381. The zero-order chi connectivity index (χ0) is 18.4. The van der Waals surface area contributed by atoms with E-state index in [1.807, 2.05) is 36.4 Å². The van der Waals surface area contributed by atoms with Gasteiger partial charge in [-0.3, -0.25) is 4.79 Å². The van der Waals surface area contributed by atoms with Crippen molar-refractivity contribution in [1.29, 1.82) is 0 Å². The van der Waals surface area contributed by atoms with Crippen LogP contribution >= 0.6 is 0 Å². The van der Waals surface area contributed by atoms with E-state index in [1.165, 1.54) is 0 Å². The van der Waals surface area contributed by atoms with Crippen LogP contribution in [0.2, 0.25) is 0 Å². The number of amides is 1. The second kappa shape index (κ2) is 8.72. The van der Waals surface area contributed by atoms with Gasteiger partial charge in [0.25, 0.3) is 5.91 Å². The molecular weight excluding hydrogens is 328 g/mol. The van der Waals surface area contributed by atoms with Crippen LogP contribution in [0.15, 0.2) is 48.5 Å². The van der Waals surface area contributed by atoms with E-state index in [0.717, 1.165) is 42.9 Å². The number of hydrogen-bond donors (Lipinski definition) is 2. The smallest absolute Gasteiger partial charge is 0.255 e. The van der Waals surface area contributed by atoms with Crippen LogP contribution in [0.5, 0.6) is 5.75 Å². The van der Waals surface area contributed by atoms with Crippen LogP contribution < -0.4 is 15.0 Å². The van der Waals surface area contributed by atoms with Crippen molar-refractivity contribution >= 4 is 17.3 Å². The predicted molar refractivity (Wildman–Crippen MR) is 104 cm³/mol. The lowest BCUT2D eigenvalue weighted by molar-refractivity contribution is 0.102. The number of carbonyl (C=O) groups is 1. The molecule has 1 amide bonds. The standard InChI is InChI=1S/C21H26N2O3/c1-2-3-14-26-20-10-4-16(5-11-20)21(25)22-17-6-8-18(9-7-17)23-13-12-19(24)15-23/h4-11,19,24H,2-3,12-15H2,1H3,(H,22,25). The molecule has 0 radical (unpaired) electrons. The average molecular weight is 354 g/mol. The van der Waals surface area contributed by atoms with Crippen LogP contribution in [-0.4, -0.2) is 36.8 Å². The lowest BCUT2D eigenvalue weighted by atomic mass is 10.2. The van der Waals surface area contributed by atoms with Crippen LogP contribution in [0, 0.1) is 0 Å². The molecule has 0 aromatic heterocycles. The first-order valence-corrected chi connectivity index (χ1v) is 9.23. The van der Waals surface area contributed by atoms with E-state index in [0.29, 0.717) is 18.7 Å². The van der Waals surface area contributed by atoms with E-state index < -0.39 is 0 Å². The van der Waals surface area contributed by atoms with Gasteiger partial charge in [0.1, 0.15) is 5.75 Å². The topological polar surface area (TPSA) is 61.8 Å². The summed E-state index contributed by atoms with van der Waals surface area (Å²) in [6.45, 7) is 4.35. The number of anilines is 2. The number of hydrogen-bond acceptors (Lipinski definition) is 4. The fourth-order valence-electron chi connectivity index (χ4n) is 2.97. The van der Waals surface area contributed by atoms with Gasteiger partial charge in [0.15, 0.2) is 0 Å². The van der Waals surface area contributed by atoms with Gasteiger partial charge in [-0.05, 0) is 61.4 Å². The normalized spacial score (nSPS) is 16.5. The molecule has 138 valence electrons. The predicted octanol–water partition coefficient (Wildman–Crippen LogP) is 3.69. The third kappa shape index (κ3) is 4.76. The SMILES string of the molecule is CCCCOc1ccc(C(=O)Nc2ccc(N3CCC(O)C3)cc2)cc1. The Labute approximate surface area is 154 Å². The minimum absolute atomic E-state index is 0.144. The zero-order valence-corrected chi connectivity index (χ0v) is 15.1. The lowest BCUT2D eigenvalue weighted by Crippen LogP contribution is -2.21. The quantitative estimate of drug-likeness (QED) is 0.745. The average Bonchev–Trinajstić information content (AvgIpc) is 3.09. The van der Waals surface area contributed by atoms with Crippen molar-refractivity contribution < 1.29 is 14.6 Å². The number of ether oxygens (including phenoxy) is 1. The molecule has 1 aliphatic rings. The summed E-state index contributed by atoms with van der Waals surface area (Å²) in [4.78, 5) is 14.5. The number of aliphatic hydroxyl groups excluding tert-OH is 1. The number of β-amino-alcohol motifs (C(OH)–C–C–N with tert-alkyl or cyclic N) is 1. The van der Waals surface area contributed by atoms with Gasteiger partial charge in [0, 0.05) is 30.0 Å². The van der Waals surface area contributed by atoms with Gasteiger partial charge in [0.05, 0.1) is 12.7 Å². The molecule has 1 saturated heterocycles. The second-order valence-electron chi connectivity index (χ2n) is 6.62. The highest BCUT2D eigenvalue weighted by Crippen LogP contribution is 2.23. The summed E-state index contributed by atoms with van der Waals surface area (Å²) in [5.74, 6) is 0.640. The summed E-state index contributed by atoms with van der Waals surface area (Å²) in [5.41, 5.74) is 2.41. The van der Waals surface area contributed by atoms with Crippen molar-refractivity contribution in [1.82, 2.24) is 0 Å². The number of benzene rings is 2. The van der Waals surface area contributed by atoms with Gasteiger partial charge in [-0.2, -0.15) is 0 Å². The maximum absolute atomic E-state index is 12.4. The summed E-state index contributed by atoms with van der Waals surface area (Å²) < 4.78 is 5.61. The summed E-state index contributed by atoms with van der Waals surface area (Å²) in [5, 5.41) is 12.5. The van der Waals surface area contributed by atoms with Crippen molar-refractivity contribution in [2.75, 3.05) is 29.9 Å². The number of nitrogens with zero attached hydrogens (tertiary/aromatic N) is 1. The molecule has 0 saturated carbocycles. The molecule has 26 heavy (non-hydrogen) atoms. The molecule has 2 aromatic carbocycles. The summed E-state index contributed by atoms with van der Waals surface area (Å²) in [6, 6.07) is 14.9. The monoisotopic (exact) mass is 354 g/mol. The van der Waals surface area contributed by atoms with E-state index in [2.05, 4.69) is 17.1 Å². The Morgan fingerprint density at radius 2 is 1.92 bits per heavy atom. The lowest BCUT2D eigenvalue weighted by Gasteiger charge is -2.18. The maximum atomic E-state index is 12.4. The van der Waals surface area contributed by atoms with Crippen molar-refractivity contribution in [2.45, 2.75) is 32.3 Å². The highest BCUT2D eigenvalue weighted by Gasteiger charge is 2.20. The third-order valence-electron chi connectivity index (χ3n) is 4.54. The molecule has 1 unspecified atom stereocenters. The van der Waals surface area contributed by atoms with Crippen molar-refractivity contribution in [3.8, 4) is 5.75 Å². The molecule has 1 heterocycles. The Bertz CT molecular complexity index is 713. The molecule has 5 heteroatoms. The van der Waals surface area contributed by atoms with E-state index in [4.69, 9.17) is 4.74 Å². The van der Waals surface area contributed by atoms with Crippen LogP contribution in [0.25, 0.3) is 0 Å². The van der Waals surface area contributed by atoms with Crippen LogP contribution in [0.4, 0.5) is 11.4 Å². The number of unbranched alkanes of at least 4 members (excludes halogenated alkanes) is 1. The molecule has 2 N–H and O–H groups in total. The molecule has 1 atom stereocenters. The molecule has 0 aliphatic carbocycles. The zero-order valence-electron chi connectivity index (χ0n) is 15.1.